The summed E-state index contributed by atoms with van der Waals surface area (Å²) in [5, 5.41) is 12.6. The highest BCUT2D eigenvalue weighted by Crippen LogP contribution is 2.33. The first kappa shape index (κ1) is 25.2. The zero-order chi connectivity index (χ0) is 24.1. The third-order valence-electron chi connectivity index (χ3n) is 4.54. The van der Waals surface area contributed by atoms with Crippen LogP contribution in [0.25, 0.3) is 0 Å². The van der Waals surface area contributed by atoms with E-state index in [0.717, 1.165) is 6.07 Å². The molecule has 172 valence electrons. The van der Waals surface area contributed by atoms with Crippen molar-refractivity contribution in [1.82, 2.24) is 0 Å². The average molecular weight is 470 g/mol. The molecule has 0 fully saturated rings. The maximum absolute atomic E-state index is 14.0. The highest BCUT2D eigenvalue weighted by molar-refractivity contribution is 6.59. The summed E-state index contributed by atoms with van der Waals surface area (Å²) < 4.78 is 45.7. The number of alkyl halides is 4. The van der Waals surface area contributed by atoms with Gasteiger partial charge in [0.2, 0.25) is 11.2 Å². The van der Waals surface area contributed by atoms with E-state index >= 15 is 0 Å². The van der Waals surface area contributed by atoms with E-state index in [4.69, 9.17) is 21.7 Å². The van der Waals surface area contributed by atoms with Gasteiger partial charge in [-0.25, -0.2) is 13.2 Å². The molecule has 0 saturated carbocycles. The van der Waals surface area contributed by atoms with Gasteiger partial charge in [-0.05, 0) is 43.3 Å². The lowest BCUT2D eigenvalue weighted by atomic mass is 10.00. The molecule has 0 radical (unpaired) electrons. The second kappa shape index (κ2) is 10.0. The average Bonchev–Trinajstić information content (AvgIpc) is 2.74. The normalized spacial score (nSPS) is 14.1. The third-order valence-corrected chi connectivity index (χ3v) is 5.17. The third kappa shape index (κ3) is 5.79. The van der Waals surface area contributed by atoms with Crippen molar-refractivity contribution in [1.29, 1.82) is 5.41 Å². The molecule has 0 heterocycles. The Balaban J connectivity index is 2.22. The summed E-state index contributed by atoms with van der Waals surface area (Å²) in [6, 6.07) is 10.6. The minimum Gasteiger partial charge on any atom is -0.461 e. The Hall–Kier alpha value is -3.07. The first-order valence-corrected chi connectivity index (χ1v) is 10.0. The Labute approximate surface area is 188 Å². The molecule has 2 unspecified atom stereocenters. The molecule has 2 aromatic rings. The summed E-state index contributed by atoms with van der Waals surface area (Å²) in [4.78, 5) is 23.2. The van der Waals surface area contributed by atoms with Crippen molar-refractivity contribution in [3.05, 3.63) is 54.1 Å². The number of hydrogen-bond acceptors (Lipinski definition) is 4. The number of hydrogen-bond donors (Lipinski definition) is 3. The fourth-order valence-electron chi connectivity index (χ4n) is 2.71. The Morgan fingerprint density at radius 1 is 1.09 bits per heavy atom. The number of halogens is 4. The summed E-state index contributed by atoms with van der Waals surface area (Å²) in [6.45, 7) is 3.71. The maximum atomic E-state index is 14.0. The van der Waals surface area contributed by atoms with Crippen LogP contribution in [-0.2, 0) is 15.5 Å². The standard InChI is InChI=1S/C22H23ClF3N3O3/c1-4-21(25,26)15-6-5-7-17(12-15)29-20(31)22(23,13(2)27)19(30)28-16-8-10-18(11-9-16)32-14(3)24/h5-12,14,27H,4H2,1-3H3,(H,28,30)(H,29,31). The molecule has 0 saturated heterocycles. The molecule has 0 aliphatic rings. The molecule has 0 bridgehead atoms. The van der Waals surface area contributed by atoms with Gasteiger partial charge in [-0.15, -0.1) is 0 Å². The van der Waals surface area contributed by atoms with Crippen molar-refractivity contribution in [2.24, 2.45) is 0 Å². The number of benzene rings is 2. The first-order chi connectivity index (χ1) is 14.9. The van der Waals surface area contributed by atoms with Crippen LogP contribution in [0.2, 0.25) is 0 Å². The van der Waals surface area contributed by atoms with Crippen molar-refractivity contribution in [2.75, 3.05) is 10.6 Å². The molecule has 2 amide bonds. The van der Waals surface area contributed by atoms with Gasteiger partial charge in [-0.1, -0.05) is 30.7 Å². The molecule has 2 atom stereocenters. The van der Waals surface area contributed by atoms with Crippen molar-refractivity contribution in [2.45, 2.75) is 44.3 Å². The van der Waals surface area contributed by atoms with Crippen LogP contribution in [0.1, 0.15) is 32.8 Å². The summed E-state index contributed by atoms with van der Waals surface area (Å²) in [5.74, 6) is -4.97. The lowest BCUT2D eigenvalue weighted by Gasteiger charge is -2.24. The predicted octanol–water partition coefficient (Wildman–Crippen LogP) is 5.48. The quantitative estimate of drug-likeness (QED) is 0.258. The molecule has 3 N–H and O–H groups in total. The van der Waals surface area contributed by atoms with E-state index in [1.807, 2.05) is 0 Å². The number of anilines is 2. The maximum Gasteiger partial charge on any atom is 0.273 e. The summed E-state index contributed by atoms with van der Waals surface area (Å²) in [7, 11) is 0. The van der Waals surface area contributed by atoms with Crippen LogP contribution in [0.4, 0.5) is 24.5 Å². The lowest BCUT2D eigenvalue weighted by Crippen LogP contribution is -2.53. The van der Waals surface area contributed by atoms with Gasteiger partial charge >= 0.3 is 0 Å². The van der Waals surface area contributed by atoms with Crippen LogP contribution in [0, 0.1) is 5.41 Å². The van der Waals surface area contributed by atoms with Gasteiger partial charge in [0, 0.05) is 36.0 Å². The fraction of sp³-hybridized carbons (Fsp3) is 0.318. The molecule has 2 aromatic carbocycles. The Morgan fingerprint density at radius 3 is 2.16 bits per heavy atom. The van der Waals surface area contributed by atoms with E-state index < -0.39 is 41.1 Å². The molecule has 10 heteroatoms. The summed E-state index contributed by atoms with van der Waals surface area (Å²) in [5.41, 5.74) is -0.562. The fourth-order valence-corrected chi connectivity index (χ4v) is 2.81. The van der Waals surface area contributed by atoms with Gasteiger partial charge in [0.25, 0.3) is 17.7 Å². The Morgan fingerprint density at radius 2 is 1.66 bits per heavy atom. The van der Waals surface area contributed by atoms with E-state index in [-0.39, 0.29) is 22.7 Å². The molecule has 0 aliphatic carbocycles. The minimum atomic E-state index is -3.09. The highest BCUT2D eigenvalue weighted by atomic mass is 35.5. The Bertz CT molecular complexity index is 999. The van der Waals surface area contributed by atoms with Crippen LogP contribution < -0.4 is 15.4 Å². The van der Waals surface area contributed by atoms with Gasteiger partial charge in [0.1, 0.15) is 5.75 Å². The number of amides is 2. The van der Waals surface area contributed by atoms with Gasteiger partial charge in [-0.3, -0.25) is 9.59 Å². The zero-order valence-electron chi connectivity index (χ0n) is 17.6. The molecule has 0 aromatic heterocycles. The number of carbonyl (C=O) groups is 2. The molecule has 0 spiro atoms. The zero-order valence-corrected chi connectivity index (χ0v) is 18.4. The van der Waals surface area contributed by atoms with Crippen LogP contribution in [0.3, 0.4) is 0 Å². The first-order valence-electron chi connectivity index (χ1n) is 9.66. The van der Waals surface area contributed by atoms with E-state index in [1.54, 1.807) is 0 Å². The number of nitrogens with one attached hydrogen (secondary N) is 3. The summed E-state index contributed by atoms with van der Waals surface area (Å²) >= 11 is 6.26. The van der Waals surface area contributed by atoms with E-state index in [2.05, 4.69) is 10.6 Å². The van der Waals surface area contributed by atoms with Crippen LogP contribution >= 0.6 is 11.6 Å². The SMILES string of the molecule is CCC(F)(F)c1cccc(NC(=O)C(Cl)(C(C)=N)C(=O)Nc2ccc(OC(C)F)cc2)c1. The van der Waals surface area contributed by atoms with Gasteiger partial charge in [0.05, 0.1) is 0 Å². The highest BCUT2D eigenvalue weighted by Gasteiger charge is 2.47. The molecule has 2 rings (SSSR count). The number of ether oxygens (including phenoxy) is 1. The van der Waals surface area contributed by atoms with Crippen molar-refractivity contribution >= 4 is 40.5 Å². The largest absolute Gasteiger partial charge is 0.461 e. The topological polar surface area (TPSA) is 91.3 Å². The van der Waals surface area contributed by atoms with Gasteiger partial charge in [-0.2, -0.15) is 0 Å². The molecule has 0 aliphatic heterocycles. The summed E-state index contributed by atoms with van der Waals surface area (Å²) in [6.07, 6.45) is -1.95. The monoisotopic (exact) mass is 469 g/mol. The second-order valence-electron chi connectivity index (χ2n) is 7.02. The van der Waals surface area contributed by atoms with Gasteiger partial charge < -0.3 is 20.8 Å². The lowest BCUT2D eigenvalue weighted by molar-refractivity contribution is -0.125. The van der Waals surface area contributed by atoms with Crippen molar-refractivity contribution in [3.8, 4) is 5.75 Å². The predicted molar refractivity (Wildman–Crippen MR) is 118 cm³/mol. The van der Waals surface area contributed by atoms with Crippen molar-refractivity contribution < 1.29 is 27.5 Å². The molecular weight excluding hydrogens is 447 g/mol. The van der Waals surface area contributed by atoms with Crippen LogP contribution in [-0.4, -0.2) is 28.8 Å². The minimum absolute atomic E-state index is 0.00143. The van der Waals surface area contributed by atoms with Crippen LogP contribution in [0.15, 0.2) is 48.5 Å². The van der Waals surface area contributed by atoms with E-state index in [9.17, 15) is 22.8 Å². The van der Waals surface area contributed by atoms with Gasteiger partial charge in [0.15, 0.2) is 0 Å². The smallest absolute Gasteiger partial charge is 0.273 e. The second-order valence-corrected chi connectivity index (χ2v) is 7.58. The molecule has 32 heavy (non-hydrogen) atoms. The van der Waals surface area contributed by atoms with E-state index in [1.165, 1.54) is 63.2 Å². The number of carbonyl (C=O) groups excluding carboxylic acids is 2. The van der Waals surface area contributed by atoms with Crippen molar-refractivity contribution in [3.63, 3.8) is 0 Å². The van der Waals surface area contributed by atoms with Crippen LogP contribution in [0.5, 0.6) is 5.75 Å². The van der Waals surface area contributed by atoms with E-state index in [0.29, 0.717) is 0 Å². The number of rotatable bonds is 9. The molecule has 6 nitrogen and oxygen atoms in total. The molecular formula is C22H23ClF3N3O3. The Kier molecular flexibility index (Phi) is 7.90.